The molecule has 1 aliphatic heterocycles. The van der Waals surface area contributed by atoms with Crippen molar-refractivity contribution in [3.05, 3.63) is 0 Å². The maximum Gasteiger partial charge on any atom is 1.00 e. The van der Waals surface area contributed by atoms with Crippen LogP contribution in [0.4, 0.5) is 0 Å². The van der Waals surface area contributed by atoms with E-state index in [0.29, 0.717) is 11.8 Å². The Morgan fingerprint density at radius 3 is 2.26 bits per heavy atom. The van der Waals surface area contributed by atoms with Crippen LogP contribution in [0.3, 0.4) is 0 Å². The van der Waals surface area contributed by atoms with Crippen molar-refractivity contribution < 1.29 is 102 Å². The fourth-order valence-electron chi connectivity index (χ4n) is 2.00. The first kappa shape index (κ1) is 28.1. The van der Waals surface area contributed by atoms with Crippen LogP contribution in [0.2, 0.25) is 0 Å². The van der Waals surface area contributed by atoms with Crippen molar-refractivity contribution in [2.24, 2.45) is 5.16 Å². The molecule has 0 amide bonds. The molecule has 0 aromatic rings. The zero-order valence-electron chi connectivity index (χ0n) is 14.5. The number of hydrogen-bond donors (Lipinski definition) is 4. The van der Waals surface area contributed by atoms with Crippen LogP contribution in [0.15, 0.2) is 5.16 Å². The summed E-state index contributed by atoms with van der Waals surface area (Å²) in [6.45, 7) is -0.673. The van der Waals surface area contributed by atoms with Gasteiger partial charge in [0.25, 0.3) is 10.4 Å². The molecule has 16 heteroatoms. The summed E-state index contributed by atoms with van der Waals surface area (Å²) in [6, 6.07) is 0. The molecule has 1 aliphatic rings. The Balaban J connectivity index is 0.00000676. The molecule has 5 atom stereocenters. The molecule has 1 saturated heterocycles. The summed E-state index contributed by atoms with van der Waals surface area (Å²) < 4.78 is 62.9. The van der Waals surface area contributed by atoms with Crippen molar-refractivity contribution in [2.75, 3.05) is 18.6 Å². The van der Waals surface area contributed by atoms with Gasteiger partial charge in [-0.15, -0.1) is 0 Å². The molecule has 0 aliphatic carbocycles. The predicted molar refractivity (Wildman–Crippen MR) is 88.5 cm³/mol. The van der Waals surface area contributed by atoms with Crippen molar-refractivity contribution in [2.45, 2.75) is 42.7 Å². The summed E-state index contributed by atoms with van der Waals surface area (Å²) in [5.74, 6) is -0.259. The molecular weight excluding hydrogens is 457 g/mol. The average molecular weight is 478 g/mol. The molecule has 0 spiro atoms. The van der Waals surface area contributed by atoms with Gasteiger partial charge in [0.1, 0.15) is 44.7 Å². The summed E-state index contributed by atoms with van der Waals surface area (Å²) in [7, 11) is -8.47. The van der Waals surface area contributed by atoms with Gasteiger partial charge in [0, 0.05) is 12.7 Å². The Morgan fingerprint density at radius 1 is 1.19 bits per heavy atom. The summed E-state index contributed by atoms with van der Waals surface area (Å²) in [5.41, 5.74) is -1.29. The first-order chi connectivity index (χ1) is 11.8. The van der Waals surface area contributed by atoms with Gasteiger partial charge in [-0.3, -0.25) is 4.28 Å². The smallest absolute Gasteiger partial charge is 0.714 e. The molecule has 0 aromatic heterocycles. The van der Waals surface area contributed by atoms with Crippen LogP contribution in [0.5, 0.6) is 0 Å². The number of sulfone groups is 1. The van der Waals surface area contributed by atoms with Crippen LogP contribution < -0.4 is 51.4 Å². The fourth-order valence-corrected chi connectivity index (χ4v) is 4.00. The Morgan fingerprint density at radius 2 is 1.78 bits per heavy atom. The van der Waals surface area contributed by atoms with E-state index in [1.807, 2.05) is 0 Å². The number of ether oxygens (including phenoxy) is 1. The summed E-state index contributed by atoms with van der Waals surface area (Å²) in [4.78, 5) is 0. The SMILES string of the molecule is CS(=O)(=O)CCCC(=NOS(=O)(=O)[O-])SC1OC(CO)C(O)C(O)C1O.[K+]. The van der Waals surface area contributed by atoms with E-state index in [-0.39, 0.29) is 75.0 Å². The van der Waals surface area contributed by atoms with Gasteiger partial charge in [-0.25, -0.2) is 8.42 Å². The number of rotatable bonds is 8. The largest absolute Gasteiger partial charge is 1.00 e. The van der Waals surface area contributed by atoms with Crippen LogP contribution in [-0.4, -0.2) is 95.3 Å². The van der Waals surface area contributed by atoms with Crippen molar-refractivity contribution in [3.8, 4) is 0 Å². The van der Waals surface area contributed by atoms with Gasteiger partial charge < -0.3 is 29.7 Å². The van der Waals surface area contributed by atoms with Crippen LogP contribution in [0.1, 0.15) is 12.8 Å². The van der Waals surface area contributed by atoms with Crippen LogP contribution in [-0.2, 0) is 29.3 Å². The van der Waals surface area contributed by atoms with E-state index in [1.165, 1.54) is 0 Å². The minimum Gasteiger partial charge on any atom is -0.714 e. The number of aliphatic hydroxyl groups is 4. The zero-order valence-corrected chi connectivity index (χ0v) is 20.1. The topological polar surface area (TPSA) is 203 Å². The zero-order chi connectivity index (χ0) is 20.1. The Bertz CT molecular complexity index is 696. The van der Waals surface area contributed by atoms with Gasteiger partial charge in [0.05, 0.1) is 12.4 Å². The number of aliphatic hydroxyl groups excluding tert-OH is 4. The van der Waals surface area contributed by atoms with Crippen molar-refractivity contribution in [1.29, 1.82) is 0 Å². The number of hydrogen-bond acceptors (Lipinski definition) is 13. The molecule has 0 saturated carbocycles. The van der Waals surface area contributed by atoms with Crippen molar-refractivity contribution in [3.63, 3.8) is 0 Å². The van der Waals surface area contributed by atoms with Crippen LogP contribution in [0, 0.1) is 0 Å². The number of thioether (sulfide) groups is 1. The van der Waals surface area contributed by atoms with Gasteiger partial charge in [-0.05, 0) is 6.42 Å². The molecule has 1 heterocycles. The fraction of sp³-hybridized carbons (Fsp3) is 0.909. The van der Waals surface area contributed by atoms with E-state index in [9.17, 15) is 36.7 Å². The second-order valence-corrected chi connectivity index (χ2v) is 9.91. The molecule has 1 fully saturated rings. The molecule has 27 heavy (non-hydrogen) atoms. The molecule has 4 N–H and O–H groups in total. The molecule has 0 bridgehead atoms. The average Bonchev–Trinajstić information content (AvgIpc) is 2.50. The first-order valence-corrected chi connectivity index (χ1v) is 11.5. The Kier molecular flexibility index (Phi) is 12.6. The maximum absolute atomic E-state index is 11.2. The van der Waals surface area contributed by atoms with Crippen LogP contribution in [0.25, 0.3) is 0 Å². The number of oxime groups is 1. The van der Waals surface area contributed by atoms with E-state index in [1.54, 1.807) is 0 Å². The normalized spacial score (nSPS) is 29.9. The summed E-state index contributed by atoms with van der Waals surface area (Å²) >= 11 is 0.562. The third-order valence-corrected chi connectivity index (χ3v) is 5.70. The monoisotopic (exact) mass is 477 g/mol. The standard InChI is InChI=1S/C11H21NO11S3.K/c1-25(17,18)4-2-3-7(12-23-26(19,20)21)24-11-10(16)9(15)8(14)6(5-13)22-11;/h6,8-11,13-16H,2-5H2,1H3,(H,19,20,21);/q;+1/p-1. The summed E-state index contributed by atoms with van der Waals surface area (Å²) in [5, 5.41) is 41.4. The third kappa shape index (κ3) is 10.6. The molecule has 0 aromatic carbocycles. The van der Waals surface area contributed by atoms with Gasteiger partial charge in [-0.2, -0.15) is 8.42 Å². The minimum absolute atomic E-state index is 0. The molecule has 5 unspecified atom stereocenters. The molecule has 1 rings (SSSR count). The van der Waals surface area contributed by atoms with Gasteiger partial charge >= 0.3 is 51.4 Å². The predicted octanol–water partition coefficient (Wildman–Crippen LogP) is -5.86. The van der Waals surface area contributed by atoms with Crippen molar-refractivity contribution >= 4 is 37.0 Å². The maximum atomic E-state index is 11.2. The van der Waals surface area contributed by atoms with Gasteiger partial charge in [0.15, 0.2) is 0 Å². The molecule has 154 valence electrons. The Hall–Kier alpha value is 1.12. The van der Waals surface area contributed by atoms with Crippen LogP contribution >= 0.6 is 11.8 Å². The third-order valence-electron chi connectivity index (χ3n) is 3.24. The van der Waals surface area contributed by atoms with E-state index < -0.39 is 56.7 Å². The second kappa shape index (κ2) is 12.1. The molecule has 0 radical (unpaired) electrons. The van der Waals surface area contributed by atoms with E-state index >= 15 is 0 Å². The Labute approximate surface area is 203 Å². The van der Waals surface area contributed by atoms with Gasteiger partial charge in [-0.1, -0.05) is 16.9 Å². The van der Waals surface area contributed by atoms with E-state index in [4.69, 9.17) is 9.84 Å². The van der Waals surface area contributed by atoms with E-state index in [0.717, 1.165) is 6.26 Å². The quantitative estimate of drug-likeness (QED) is 0.0644. The molecule has 12 nitrogen and oxygen atoms in total. The van der Waals surface area contributed by atoms with Crippen molar-refractivity contribution in [1.82, 2.24) is 0 Å². The minimum atomic E-state index is -5.16. The van der Waals surface area contributed by atoms with Gasteiger partial charge in [0.2, 0.25) is 0 Å². The number of nitrogens with zero attached hydrogens (tertiary/aromatic N) is 1. The first-order valence-electron chi connectivity index (χ1n) is 7.20. The molecular formula is C11H20KNO11S3. The summed E-state index contributed by atoms with van der Waals surface area (Å²) in [6.07, 6.45) is -5.23. The second-order valence-electron chi connectivity index (χ2n) is 5.52. The van der Waals surface area contributed by atoms with E-state index in [2.05, 4.69) is 9.44 Å².